The largest absolute Gasteiger partial charge is 0.399 e. The maximum absolute atomic E-state index is 5.59. The molecule has 0 amide bonds. The van der Waals surface area contributed by atoms with Crippen LogP contribution in [0.2, 0.25) is 0 Å². The van der Waals surface area contributed by atoms with E-state index in [2.05, 4.69) is 6.58 Å². The molecule has 2 heteroatoms. The number of hydrogen-bond donors (Lipinski definition) is 1. The smallest absolute Gasteiger partial charge is 0.0721 e. The molecule has 0 bridgehead atoms. The van der Waals surface area contributed by atoms with E-state index in [1.165, 1.54) is 0 Å². The molecule has 0 spiro atoms. The van der Waals surface area contributed by atoms with E-state index < -0.39 is 0 Å². The number of hydrogen-bond acceptors (Lipinski definition) is 2. The third-order valence-corrected chi connectivity index (χ3v) is 1.46. The average molecular weight is 193 g/mol. The van der Waals surface area contributed by atoms with Crippen LogP contribution in [0.3, 0.4) is 0 Å². The minimum atomic E-state index is 0.578. The first-order chi connectivity index (χ1) is 6.83. The predicted molar refractivity (Wildman–Crippen MR) is 62.1 cm³/mol. The van der Waals surface area contributed by atoms with E-state index in [-0.39, 0.29) is 0 Å². The van der Waals surface area contributed by atoms with Crippen molar-refractivity contribution in [3.63, 3.8) is 0 Å². The van der Waals surface area contributed by atoms with Gasteiger partial charge in [-0.25, -0.2) is 0 Å². The highest BCUT2D eigenvalue weighted by atomic mass is 16.5. The molecule has 0 heterocycles. The summed E-state index contributed by atoms with van der Waals surface area (Å²) in [5.74, 6) is 0. The zero-order chi connectivity index (χ0) is 10.8. The van der Waals surface area contributed by atoms with E-state index in [1.807, 2.05) is 38.1 Å². The third kappa shape index (κ3) is 5.38. The fraction of sp³-hybridized carbons (Fsp3) is 0.333. The van der Waals surface area contributed by atoms with Crippen molar-refractivity contribution in [1.29, 1.82) is 0 Å². The van der Waals surface area contributed by atoms with Crippen LogP contribution in [0.25, 0.3) is 0 Å². The maximum atomic E-state index is 5.59. The van der Waals surface area contributed by atoms with Gasteiger partial charge >= 0.3 is 0 Å². The summed E-state index contributed by atoms with van der Waals surface area (Å²) in [6.45, 7) is 8.73. The van der Waals surface area contributed by atoms with Crippen LogP contribution < -0.4 is 5.73 Å². The minimum absolute atomic E-state index is 0.578. The molecule has 0 saturated carbocycles. The Bertz CT molecular complexity index is 258. The molecule has 0 aliphatic carbocycles. The van der Waals surface area contributed by atoms with Gasteiger partial charge in [0, 0.05) is 5.69 Å². The quantitative estimate of drug-likeness (QED) is 0.453. The van der Waals surface area contributed by atoms with Crippen LogP contribution in [0.1, 0.15) is 19.4 Å². The number of nitrogen functional groups attached to an aromatic ring is 1. The van der Waals surface area contributed by atoms with Crippen LogP contribution in [0.15, 0.2) is 36.9 Å². The first-order valence-electron chi connectivity index (χ1n) is 4.86. The molecule has 78 valence electrons. The van der Waals surface area contributed by atoms with Gasteiger partial charge in [0.15, 0.2) is 0 Å². The third-order valence-electron chi connectivity index (χ3n) is 1.46. The summed E-state index contributed by atoms with van der Waals surface area (Å²) in [6.07, 6.45) is 1.73. The molecule has 1 rings (SSSR count). The lowest BCUT2D eigenvalue weighted by Gasteiger charge is -2.01. The second-order valence-corrected chi connectivity index (χ2v) is 2.55. The Morgan fingerprint density at radius 1 is 1.43 bits per heavy atom. The average Bonchev–Trinajstić information content (AvgIpc) is 2.21. The Balaban J connectivity index is 0.000000791. The summed E-state index contributed by atoms with van der Waals surface area (Å²) >= 11 is 0. The summed E-state index contributed by atoms with van der Waals surface area (Å²) in [5, 5.41) is 0. The fourth-order valence-corrected chi connectivity index (χ4v) is 0.943. The lowest BCUT2D eigenvalue weighted by molar-refractivity contribution is 0.149. The highest BCUT2D eigenvalue weighted by molar-refractivity contribution is 5.40. The Hall–Kier alpha value is -1.28. The number of anilines is 1. The Morgan fingerprint density at radius 3 is 2.71 bits per heavy atom. The van der Waals surface area contributed by atoms with Crippen LogP contribution in [-0.4, -0.2) is 6.61 Å². The van der Waals surface area contributed by atoms with Gasteiger partial charge < -0.3 is 10.5 Å². The number of nitrogens with two attached hydrogens (primary N) is 1. The molecular weight excluding hydrogens is 174 g/mol. The van der Waals surface area contributed by atoms with E-state index in [9.17, 15) is 0 Å². The van der Waals surface area contributed by atoms with Crippen molar-refractivity contribution in [2.45, 2.75) is 20.5 Å². The number of benzene rings is 1. The molecule has 0 aromatic heterocycles. The van der Waals surface area contributed by atoms with Crippen molar-refractivity contribution in [3.8, 4) is 0 Å². The van der Waals surface area contributed by atoms with E-state index in [0.29, 0.717) is 13.2 Å². The number of ether oxygens (including phenoxy) is 1. The second-order valence-electron chi connectivity index (χ2n) is 2.55. The zero-order valence-corrected chi connectivity index (χ0v) is 8.99. The molecule has 0 atom stereocenters. The molecule has 0 aliphatic heterocycles. The molecule has 0 fully saturated rings. The van der Waals surface area contributed by atoms with Crippen molar-refractivity contribution in [3.05, 3.63) is 42.5 Å². The minimum Gasteiger partial charge on any atom is -0.399 e. The van der Waals surface area contributed by atoms with Crippen LogP contribution >= 0.6 is 0 Å². The van der Waals surface area contributed by atoms with Crippen LogP contribution in [0.4, 0.5) is 5.69 Å². The van der Waals surface area contributed by atoms with Crippen molar-refractivity contribution < 1.29 is 4.74 Å². The van der Waals surface area contributed by atoms with Gasteiger partial charge in [-0.1, -0.05) is 32.1 Å². The first kappa shape index (κ1) is 12.7. The van der Waals surface area contributed by atoms with E-state index in [1.54, 1.807) is 6.08 Å². The van der Waals surface area contributed by atoms with Gasteiger partial charge in [0.05, 0.1) is 13.2 Å². The molecule has 2 nitrogen and oxygen atoms in total. The summed E-state index contributed by atoms with van der Waals surface area (Å²) < 4.78 is 5.25. The van der Waals surface area contributed by atoms with Gasteiger partial charge in [0.25, 0.3) is 0 Å². The van der Waals surface area contributed by atoms with Crippen LogP contribution in [0.5, 0.6) is 0 Å². The lowest BCUT2D eigenvalue weighted by Crippen LogP contribution is -1.93. The highest BCUT2D eigenvalue weighted by Crippen LogP contribution is 2.07. The summed E-state index contributed by atoms with van der Waals surface area (Å²) in [6, 6.07) is 7.67. The van der Waals surface area contributed by atoms with Gasteiger partial charge in [-0.15, -0.1) is 6.58 Å². The van der Waals surface area contributed by atoms with Crippen LogP contribution in [0, 0.1) is 0 Å². The predicted octanol–water partition coefficient (Wildman–Crippen LogP) is 3.00. The topological polar surface area (TPSA) is 35.2 Å². The van der Waals surface area contributed by atoms with Gasteiger partial charge in [0.1, 0.15) is 0 Å². The van der Waals surface area contributed by atoms with Crippen molar-refractivity contribution in [2.24, 2.45) is 0 Å². The van der Waals surface area contributed by atoms with Crippen LogP contribution in [-0.2, 0) is 11.3 Å². The SMILES string of the molecule is C=CCOCc1cccc(N)c1.CC. The van der Waals surface area contributed by atoms with Gasteiger partial charge in [-0.2, -0.15) is 0 Å². The highest BCUT2D eigenvalue weighted by Gasteiger charge is 1.91. The molecule has 0 unspecified atom stereocenters. The summed E-state index contributed by atoms with van der Waals surface area (Å²) in [5.41, 5.74) is 7.45. The van der Waals surface area contributed by atoms with E-state index in [0.717, 1.165) is 11.3 Å². The van der Waals surface area contributed by atoms with Crippen molar-refractivity contribution >= 4 is 5.69 Å². The van der Waals surface area contributed by atoms with Gasteiger partial charge in [0.2, 0.25) is 0 Å². The van der Waals surface area contributed by atoms with E-state index in [4.69, 9.17) is 10.5 Å². The molecule has 1 aromatic rings. The normalized spacial score (nSPS) is 8.71. The summed E-state index contributed by atoms with van der Waals surface area (Å²) in [4.78, 5) is 0. The second kappa shape index (κ2) is 8.32. The molecule has 14 heavy (non-hydrogen) atoms. The number of rotatable bonds is 4. The molecule has 0 aliphatic rings. The Morgan fingerprint density at radius 2 is 2.14 bits per heavy atom. The van der Waals surface area contributed by atoms with Crippen molar-refractivity contribution in [1.82, 2.24) is 0 Å². The maximum Gasteiger partial charge on any atom is 0.0721 e. The molecule has 0 radical (unpaired) electrons. The Labute approximate surface area is 86.4 Å². The molecule has 2 N–H and O–H groups in total. The van der Waals surface area contributed by atoms with Gasteiger partial charge in [-0.05, 0) is 17.7 Å². The van der Waals surface area contributed by atoms with Gasteiger partial charge in [-0.3, -0.25) is 0 Å². The standard InChI is InChI=1S/C10H13NO.C2H6/c1-2-6-12-8-9-4-3-5-10(11)7-9;1-2/h2-5,7H,1,6,8,11H2;1-2H3. The zero-order valence-electron chi connectivity index (χ0n) is 8.99. The van der Waals surface area contributed by atoms with E-state index >= 15 is 0 Å². The Kier molecular flexibility index (Phi) is 7.56. The van der Waals surface area contributed by atoms with Crippen molar-refractivity contribution in [2.75, 3.05) is 12.3 Å². The fourth-order valence-electron chi connectivity index (χ4n) is 0.943. The summed E-state index contributed by atoms with van der Waals surface area (Å²) in [7, 11) is 0. The lowest BCUT2D eigenvalue weighted by atomic mass is 10.2. The molecule has 0 saturated heterocycles. The molecule has 1 aromatic carbocycles. The molecular formula is C12H19NO. The first-order valence-corrected chi connectivity index (χ1v) is 4.86. The monoisotopic (exact) mass is 193 g/mol.